The molecule has 0 N–H and O–H groups in total. The largest absolute Gasteiger partial charge is 0.265 e. The summed E-state index contributed by atoms with van der Waals surface area (Å²) in [5, 5.41) is 9.77. The van der Waals surface area contributed by atoms with Crippen LogP contribution in [0.15, 0.2) is 41.8 Å². The highest BCUT2D eigenvalue weighted by molar-refractivity contribution is 7.98. The Morgan fingerprint density at radius 1 is 1.25 bits per heavy atom. The molecule has 0 unspecified atom stereocenters. The van der Waals surface area contributed by atoms with Crippen molar-refractivity contribution in [3.8, 4) is 17.2 Å². The number of pyridine rings is 2. The highest BCUT2D eigenvalue weighted by Gasteiger charge is 2.05. The molecule has 0 radical (unpaired) electrons. The Labute approximate surface area is 98.2 Å². The molecular formula is C12H9N3S. The number of thioether (sulfide) groups is 1. The van der Waals surface area contributed by atoms with Crippen molar-refractivity contribution >= 4 is 11.8 Å². The fraction of sp³-hybridized carbons (Fsp3) is 0.0833. The minimum Gasteiger partial charge on any atom is -0.265 e. The van der Waals surface area contributed by atoms with Crippen molar-refractivity contribution in [3.05, 3.63) is 42.4 Å². The average molecular weight is 227 g/mol. The van der Waals surface area contributed by atoms with Crippen molar-refractivity contribution in [1.29, 1.82) is 5.26 Å². The van der Waals surface area contributed by atoms with E-state index in [-0.39, 0.29) is 0 Å². The highest BCUT2D eigenvalue weighted by atomic mass is 32.2. The highest BCUT2D eigenvalue weighted by Crippen LogP contribution is 2.23. The monoisotopic (exact) mass is 227 g/mol. The van der Waals surface area contributed by atoms with E-state index in [9.17, 15) is 0 Å². The fourth-order valence-corrected chi connectivity index (χ4v) is 1.88. The van der Waals surface area contributed by atoms with Gasteiger partial charge < -0.3 is 0 Å². The van der Waals surface area contributed by atoms with Gasteiger partial charge in [0.1, 0.15) is 11.1 Å². The molecule has 0 aliphatic rings. The zero-order chi connectivity index (χ0) is 11.4. The second kappa shape index (κ2) is 4.77. The van der Waals surface area contributed by atoms with Crippen LogP contribution in [0.25, 0.3) is 11.1 Å². The lowest BCUT2D eigenvalue weighted by molar-refractivity contribution is 1.12. The summed E-state index contributed by atoms with van der Waals surface area (Å²) in [6, 6.07) is 7.81. The van der Waals surface area contributed by atoms with Crippen LogP contribution in [0, 0.1) is 11.3 Å². The van der Waals surface area contributed by atoms with E-state index in [2.05, 4.69) is 16.0 Å². The van der Waals surface area contributed by atoms with Gasteiger partial charge in [0, 0.05) is 24.2 Å². The van der Waals surface area contributed by atoms with Gasteiger partial charge in [-0.2, -0.15) is 5.26 Å². The van der Waals surface area contributed by atoms with Gasteiger partial charge in [0.25, 0.3) is 0 Å². The molecule has 78 valence electrons. The first-order valence-electron chi connectivity index (χ1n) is 4.69. The Morgan fingerprint density at radius 2 is 2.00 bits per heavy atom. The van der Waals surface area contributed by atoms with Crippen molar-refractivity contribution in [1.82, 2.24) is 9.97 Å². The van der Waals surface area contributed by atoms with Crippen LogP contribution in [0.2, 0.25) is 0 Å². The smallest absolute Gasteiger partial charge is 0.114 e. The lowest BCUT2D eigenvalue weighted by Gasteiger charge is -2.03. The minimum absolute atomic E-state index is 0.613. The Morgan fingerprint density at radius 3 is 2.62 bits per heavy atom. The molecule has 0 atom stereocenters. The van der Waals surface area contributed by atoms with Crippen LogP contribution < -0.4 is 0 Å². The number of nitriles is 1. The second-order valence-electron chi connectivity index (χ2n) is 3.13. The van der Waals surface area contributed by atoms with Crippen LogP contribution in [0.1, 0.15) is 5.56 Å². The molecule has 0 spiro atoms. The van der Waals surface area contributed by atoms with Crippen molar-refractivity contribution in [3.63, 3.8) is 0 Å². The molecule has 0 fully saturated rings. The summed E-state index contributed by atoms with van der Waals surface area (Å²) in [7, 11) is 0. The summed E-state index contributed by atoms with van der Waals surface area (Å²) in [5.74, 6) is 0. The topological polar surface area (TPSA) is 49.6 Å². The van der Waals surface area contributed by atoms with E-state index in [4.69, 9.17) is 5.26 Å². The van der Waals surface area contributed by atoms with E-state index in [1.807, 2.05) is 24.5 Å². The van der Waals surface area contributed by atoms with E-state index in [1.54, 1.807) is 18.6 Å². The number of hydrogen-bond donors (Lipinski definition) is 0. The Kier molecular flexibility index (Phi) is 3.18. The molecule has 0 aromatic carbocycles. The van der Waals surface area contributed by atoms with E-state index >= 15 is 0 Å². The number of nitrogens with zero attached hydrogens (tertiary/aromatic N) is 3. The van der Waals surface area contributed by atoms with Gasteiger partial charge in [-0.25, -0.2) is 4.98 Å². The van der Waals surface area contributed by atoms with E-state index in [1.165, 1.54) is 11.8 Å². The molecule has 2 rings (SSSR count). The van der Waals surface area contributed by atoms with Crippen LogP contribution in [-0.4, -0.2) is 16.2 Å². The molecule has 2 aromatic rings. The summed E-state index contributed by atoms with van der Waals surface area (Å²) in [4.78, 5) is 8.22. The van der Waals surface area contributed by atoms with Crippen LogP contribution in [-0.2, 0) is 0 Å². The quantitative estimate of drug-likeness (QED) is 0.740. The third-order valence-corrected chi connectivity index (χ3v) is 2.89. The summed E-state index contributed by atoms with van der Waals surface area (Å²) >= 11 is 1.48. The standard InChI is InChI=1S/C12H9N3S/c1-16-12-10(7-13)6-11(8-15-12)9-2-4-14-5-3-9/h2-6,8H,1H3. The molecule has 16 heavy (non-hydrogen) atoms. The van der Waals surface area contributed by atoms with E-state index in [0.717, 1.165) is 16.2 Å². The predicted octanol–water partition coefficient (Wildman–Crippen LogP) is 2.74. The van der Waals surface area contributed by atoms with Crippen molar-refractivity contribution in [2.24, 2.45) is 0 Å². The molecular weight excluding hydrogens is 218 g/mol. The number of aromatic nitrogens is 2. The van der Waals surface area contributed by atoms with Gasteiger partial charge in [-0.3, -0.25) is 4.98 Å². The fourth-order valence-electron chi connectivity index (χ4n) is 1.40. The van der Waals surface area contributed by atoms with Gasteiger partial charge in [0.15, 0.2) is 0 Å². The Balaban J connectivity index is 2.49. The molecule has 0 saturated carbocycles. The maximum Gasteiger partial charge on any atom is 0.114 e. The third-order valence-electron chi connectivity index (χ3n) is 2.18. The maximum atomic E-state index is 9.01. The van der Waals surface area contributed by atoms with Gasteiger partial charge in [0.05, 0.1) is 5.56 Å². The Hall–Kier alpha value is -1.86. The lowest BCUT2D eigenvalue weighted by Crippen LogP contribution is -1.88. The van der Waals surface area contributed by atoms with Crippen molar-refractivity contribution < 1.29 is 0 Å². The first kappa shape index (κ1) is 10.7. The molecule has 0 aliphatic heterocycles. The molecule has 2 aromatic heterocycles. The minimum atomic E-state index is 0.613. The van der Waals surface area contributed by atoms with Gasteiger partial charge >= 0.3 is 0 Å². The Bertz CT molecular complexity index is 532. The molecule has 0 bridgehead atoms. The first-order valence-corrected chi connectivity index (χ1v) is 5.92. The average Bonchev–Trinajstić information content (AvgIpc) is 2.39. The molecule has 3 nitrogen and oxygen atoms in total. The van der Waals surface area contributed by atoms with Gasteiger partial charge in [-0.15, -0.1) is 11.8 Å². The SMILES string of the molecule is CSc1ncc(-c2ccncc2)cc1C#N. The summed E-state index contributed by atoms with van der Waals surface area (Å²) in [6.07, 6.45) is 7.14. The summed E-state index contributed by atoms with van der Waals surface area (Å²) in [5.41, 5.74) is 2.57. The summed E-state index contributed by atoms with van der Waals surface area (Å²) < 4.78 is 0. The molecule has 0 saturated heterocycles. The van der Waals surface area contributed by atoms with E-state index < -0.39 is 0 Å². The third kappa shape index (κ3) is 2.05. The molecule has 0 amide bonds. The predicted molar refractivity (Wildman–Crippen MR) is 64.0 cm³/mol. The zero-order valence-corrected chi connectivity index (χ0v) is 9.53. The van der Waals surface area contributed by atoms with E-state index in [0.29, 0.717) is 5.56 Å². The first-order chi connectivity index (χ1) is 7.85. The van der Waals surface area contributed by atoms with Crippen LogP contribution in [0.3, 0.4) is 0 Å². The van der Waals surface area contributed by atoms with Crippen molar-refractivity contribution in [2.45, 2.75) is 5.03 Å². The van der Waals surface area contributed by atoms with Crippen LogP contribution in [0.5, 0.6) is 0 Å². The number of rotatable bonds is 2. The van der Waals surface area contributed by atoms with Crippen LogP contribution >= 0.6 is 11.8 Å². The molecule has 4 heteroatoms. The second-order valence-corrected chi connectivity index (χ2v) is 3.92. The summed E-state index contributed by atoms with van der Waals surface area (Å²) in [6.45, 7) is 0. The van der Waals surface area contributed by atoms with Gasteiger partial charge in [-0.05, 0) is 30.0 Å². The lowest BCUT2D eigenvalue weighted by atomic mass is 10.1. The maximum absolute atomic E-state index is 9.01. The van der Waals surface area contributed by atoms with Crippen molar-refractivity contribution in [2.75, 3.05) is 6.26 Å². The zero-order valence-electron chi connectivity index (χ0n) is 8.71. The molecule has 0 aliphatic carbocycles. The number of hydrogen-bond acceptors (Lipinski definition) is 4. The normalized spacial score (nSPS) is 9.75. The van der Waals surface area contributed by atoms with Crippen LogP contribution in [0.4, 0.5) is 0 Å². The van der Waals surface area contributed by atoms with Gasteiger partial charge in [0.2, 0.25) is 0 Å². The van der Waals surface area contributed by atoms with Gasteiger partial charge in [-0.1, -0.05) is 0 Å². The molecule has 2 heterocycles.